The number of nitrogens with one attached hydrogen (secondary N) is 1. The molecule has 5 nitrogen and oxygen atoms in total. The minimum absolute atomic E-state index is 0.357. The summed E-state index contributed by atoms with van der Waals surface area (Å²) >= 11 is 0. The molecule has 0 amide bonds. The largest absolute Gasteiger partial charge is 0.497 e. The molecule has 27 heavy (non-hydrogen) atoms. The van der Waals surface area contributed by atoms with Gasteiger partial charge in [-0.1, -0.05) is 30.3 Å². The number of para-hydroxylation sites is 1. The molecule has 0 aliphatic carbocycles. The lowest BCUT2D eigenvalue weighted by Gasteiger charge is -2.21. The molecule has 0 unspecified atom stereocenters. The third-order valence-electron chi connectivity index (χ3n) is 4.16. The van der Waals surface area contributed by atoms with E-state index < -0.39 is 5.60 Å². The third-order valence-corrected chi connectivity index (χ3v) is 4.16. The highest BCUT2D eigenvalue weighted by Gasteiger charge is 2.21. The van der Waals surface area contributed by atoms with Crippen molar-refractivity contribution >= 4 is 17.0 Å². The van der Waals surface area contributed by atoms with Gasteiger partial charge in [-0.2, -0.15) is 0 Å². The lowest BCUT2D eigenvalue weighted by atomic mass is 10.2. The first-order chi connectivity index (χ1) is 12.9. The second kappa shape index (κ2) is 7.84. The van der Waals surface area contributed by atoms with Crippen LogP contribution in [0.15, 0.2) is 54.6 Å². The van der Waals surface area contributed by atoms with Gasteiger partial charge in [-0.3, -0.25) is 0 Å². The molecule has 0 radical (unpaired) electrons. The van der Waals surface area contributed by atoms with Gasteiger partial charge in [-0.15, -0.1) is 0 Å². The average molecular weight is 366 g/mol. The smallest absolute Gasteiger partial charge is 0.419 e. The minimum atomic E-state index is -0.545. The van der Waals surface area contributed by atoms with Crippen molar-refractivity contribution in [3.8, 4) is 5.75 Å². The third kappa shape index (κ3) is 4.68. The van der Waals surface area contributed by atoms with Crippen LogP contribution in [-0.4, -0.2) is 23.4 Å². The molecule has 1 N–H and O–H groups in total. The molecule has 2 aromatic carbocycles. The van der Waals surface area contributed by atoms with Gasteiger partial charge in [0, 0.05) is 24.2 Å². The first kappa shape index (κ1) is 19.0. The van der Waals surface area contributed by atoms with Crippen LogP contribution in [0.3, 0.4) is 0 Å². The normalized spacial score (nSPS) is 11.6. The summed E-state index contributed by atoms with van der Waals surface area (Å²) in [6, 6.07) is 17.8. The summed E-state index contributed by atoms with van der Waals surface area (Å²) in [6.07, 6.45) is -0.357. The van der Waals surface area contributed by atoms with Gasteiger partial charge in [0.1, 0.15) is 11.4 Å². The van der Waals surface area contributed by atoms with E-state index in [1.165, 1.54) is 0 Å². The van der Waals surface area contributed by atoms with Crippen LogP contribution in [0.25, 0.3) is 10.9 Å². The van der Waals surface area contributed by atoms with Crippen LogP contribution in [0.2, 0.25) is 0 Å². The van der Waals surface area contributed by atoms with E-state index in [2.05, 4.69) is 5.32 Å². The van der Waals surface area contributed by atoms with Crippen LogP contribution >= 0.6 is 0 Å². The van der Waals surface area contributed by atoms with E-state index >= 15 is 0 Å². The molecule has 0 fully saturated rings. The molecule has 0 saturated heterocycles. The Morgan fingerprint density at radius 2 is 1.74 bits per heavy atom. The number of carbonyl (C=O) groups excluding carboxylic acids is 1. The Morgan fingerprint density at radius 1 is 1.04 bits per heavy atom. The molecule has 1 aromatic heterocycles. The van der Waals surface area contributed by atoms with Crippen molar-refractivity contribution in [2.45, 2.75) is 39.5 Å². The molecule has 0 aliphatic heterocycles. The van der Waals surface area contributed by atoms with E-state index in [-0.39, 0.29) is 6.09 Å². The zero-order valence-electron chi connectivity index (χ0n) is 16.3. The SMILES string of the molecule is COc1ccc(CNCc2cc3ccccc3n2C(=O)OC(C)(C)C)cc1. The summed E-state index contributed by atoms with van der Waals surface area (Å²) in [5, 5.41) is 4.42. The van der Waals surface area contributed by atoms with Crippen molar-refractivity contribution in [2.75, 3.05) is 7.11 Å². The zero-order chi connectivity index (χ0) is 19.4. The molecule has 0 saturated carbocycles. The van der Waals surface area contributed by atoms with E-state index in [1.54, 1.807) is 11.7 Å². The van der Waals surface area contributed by atoms with Gasteiger partial charge in [-0.25, -0.2) is 9.36 Å². The second-order valence-corrected chi connectivity index (χ2v) is 7.46. The van der Waals surface area contributed by atoms with E-state index in [4.69, 9.17) is 9.47 Å². The summed E-state index contributed by atoms with van der Waals surface area (Å²) in [5.74, 6) is 0.837. The van der Waals surface area contributed by atoms with E-state index in [0.717, 1.165) is 27.9 Å². The molecule has 0 aliphatic rings. The van der Waals surface area contributed by atoms with Gasteiger partial charge in [0.05, 0.1) is 12.6 Å². The number of aromatic nitrogens is 1. The van der Waals surface area contributed by atoms with Crippen LogP contribution in [-0.2, 0) is 17.8 Å². The van der Waals surface area contributed by atoms with Crippen molar-refractivity contribution in [2.24, 2.45) is 0 Å². The molecule has 142 valence electrons. The number of carbonyl (C=O) groups is 1. The molecule has 3 rings (SSSR count). The lowest BCUT2D eigenvalue weighted by molar-refractivity contribution is 0.0540. The summed E-state index contributed by atoms with van der Waals surface area (Å²) in [6.45, 7) is 6.87. The number of methoxy groups -OCH3 is 1. The summed E-state index contributed by atoms with van der Waals surface area (Å²) in [7, 11) is 1.66. The highest BCUT2D eigenvalue weighted by atomic mass is 16.6. The molecular weight excluding hydrogens is 340 g/mol. The fraction of sp³-hybridized carbons (Fsp3) is 0.318. The van der Waals surface area contributed by atoms with Gasteiger partial charge in [0.25, 0.3) is 0 Å². The fourth-order valence-electron chi connectivity index (χ4n) is 2.94. The van der Waals surface area contributed by atoms with Gasteiger partial charge in [-0.05, 0) is 50.6 Å². The minimum Gasteiger partial charge on any atom is -0.497 e. The van der Waals surface area contributed by atoms with E-state index in [0.29, 0.717) is 13.1 Å². The predicted molar refractivity (Wildman–Crippen MR) is 107 cm³/mol. The maximum absolute atomic E-state index is 12.8. The standard InChI is InChI=1S/C22H26N2O3/c1-22(2,3)27-21(25)24-18(13-17-7-5-6-8-20(17)24)15-23-14-16-9-11-19(26-4)12-10-16/h5-13,23H,14-15H2,1-4H3. The van der Waals surface area contributed by atoms with E-state index in [9.17, 15) is 4.79 Å². The fourth-order valence-corrected chi connectivity index (χ4v) is 2.94. The highest BCUT2D eigenvalue weighted by Crippen LogP contribution is 2.22. The first-order valence-corrected chi connectivity index (χ1v) is 9.04. The summed E-state index contributed by atoms with van der Waals surface area (Å²) in [5.41, 5.74) is 2.33. The van der Waals surface area contributed by atoms with Crippen LogP contribution in [0.5, 0.6) is 5.75 Å². The van der Waals surface area contributed by atoms with Crippen molar-refractivity contribution in [1.29, 1.82) is 0 Å². The number of benzene rings is 2. The molecule has 0 atom stereocenters. The van der Waals surface area contributed by atoms with Gasteiger partial charge < -0.3 is 14.8 Å². The summed E-state index contributed by atoms with van der Waals surface area (Å²) in [4.78, 5) is 12.8. The Balaban J connectivity index is 1.78. The van der Waals surface area contributed by atoms with Crippen LogP contribution in [0.1, 0.15) is 32.0 Å². The number of hydrogen-bond acceptors (Lipinski definition) is 4. The molecule has 0 bridgehead atoms. The van der Waals surface area contributed by atoms with Crippen molar-refractivity contribution < 1.29 is 14.3 Å². The highest BCUT2D eigenvalue weighted by molar-refractivity contribution is 5.91. The van der Waals surface area contributed by atoms with Crippen LogP contribution in [0, 0.1) is 0 Å². The zero-order valence-corrected chi connectivity index (χ0v) is 16.3. The molecule has 1 heterocycles. The van der Waals surface area contributed by atoms with Crippen LogP contribution < -0.4 is 10.1 Å². The Kier molecular flexibility index (Phi) is 5.51. The van der Waals surface area contributed by atoms with Gasteiger partial charge in [0.15, 0.2) is 0 Å². The number of fused-ring (bicyclic) bond motifs is 1. The molecular formula is C22H26N2O3. The molecule has 0 spiro atoms. The van der Waals surface area contributed by atoms with Gasteiger partial charge in [0.2, 0.25) is 0 Å². The predicted octanol–water partition coefficient (Wildman–Crippen LogP) is 4.72. The van der Waals surface area contributed by atoms with Crippen molar-refractivity contribution in [3.05, 3.63) is 65.9 Å². The summed E-state index contributed by atoms with van der Waals surface area (Å²) < 4.78 is 12.4. The lowest BCUT2D eigenvalue weighted by Crippen LogP contribution is -2.29. The van der Waals surface area contributed by atoms with Crippen molar-refractivity contribution in [1.82, 2.24) is 9.88 Å². The van der Waals surface area contributed by atoms with E-state index in [1.807, 2.05) is 75.4 Å². The second-order valence-electron chi connectivity index (χ2n) is 7.46. The Labute approximate surface area is 159 Å². The maximum atomic E-state index is 12.8. The number of ether oxygens (including phenoxy) is 2. The number of nitrogens with zero attached hydrogens (tertiary/aromatic N) is 1. The van der Waals surface area contributed by atoms with Crippen molar-refractivity contribution in [3.63, 3.8) is 0 Å². The average Bonchev–Trinajstić information content (AvgIpc) is 2.99. The molecule has 5 heteroatoms. The topological polar surface area (TPSA) is 52.5 Å². The first-order valence-electron chi connectivity index (χ1n) is 9.04. The monoisotopic (exact) mass is 366 g/mol. The Bertz CT molecular complexity index is 921. The van der Waals surface area contributed by atoms with Gasteiger partial charge >= 0.3 is 6.09 Å². The maximum Gasteiger partial charge on any atom is 0.419 e. The Hall–Kier alpha value is -2.79. The van der Waals surface area contributed by atoms with Crippen LogP contribution in [0.4, 0.5) is 4.79 Å². The number of hydrogen-bond donors (Lipinski definition) is 1. The Morgan fingerprint density at radius 3 is 2.41 bits per heavy atom. The molecule has 3 aromatic rings. The quantitative estimate of drug-likeness (QED) is 0.710. The number of rotatable bonds is 5.